The van der Waals surface area contributed by atoms with E-state index in [0.29, 0.717) is 5.92 Å². The van der Waals surface area contributed by atoms with Crippen molar-refractivity contribution in [2.75, 3.05) is 0 Å². The fraction of sp³-hybridized carbons (Fsp3) is 0.889. The number of aliphatic hydroxyl groups excluding tert-OH is 1. The molecule has 0 radical (unpaired) electrons. The second-order valence-electron chi connectivity index (χ2n) is 4.09. The Labute approximate surface area is 71.4 Å². The van der Waals surface area contributed by atoms with Gasteiger partial charge in [0.25, 0.3) is 0 Å². The maximum atomic E-state index is 10.8. The topological polar surface area (TPSA) is 57.5 Å². The van der Waals surface area contributed by atoms with Crippen molar-refractivity contribution in [3.63, 3.8) is 0 Å². The van der Waals surface area contributed by atoms with Gasteiger partial charge in [-0.2, -0.15) is 0 Å². The number of fused-ring (bicyclic) bond motifs is 3. The SMILES string of the molecule is O=C(O)[C@@H]1C[C@H]2CC[C@H]1[C@H](O)C2. The molecule has 0 saturated heterocycles. The molecular weight excluding hydrogens is 156 g/mol. The molecule has 4 atom stereocenters. The van der Waals surface area contributed by atoms with E-state index in [4.69, 9.17) is 5.11 Å². The molecule has 3 heteroatoms. The molecule has 0 spiro atoms. The number of carboxylic acids is 1. The maximum absolute atomic E-state index is 10.8. The van der Waals surface area contributed by atoms with Crippen molar-refractivity contribution in [3.05, 3.63) is 0 Å². The van der Waals surface area contributed by atoms with Crippen LogP contribution >= 0.6 is 0 Å². The van der Waals surface area contributed by atoms with Gasteiger partial charge in [-0.1, -0.05) is 0 Å². The minimum Gasteiger partial charge on any atom is -0.481 e. The monoisotopic (exact) mass is 170 g/mol. The summed E-state index contributed by atoms with van der Waals surface area (Å²) in [7, 11) is 0. The summed E-state index contributed by atoms with van der Waals surface area (Å²) in [4.78, 5) is 10.8. The van der Waals surface area contributed by atoms with Crippen molar-refractivity contribution in [3.8, 4) is 0 Å². The first-order chi connectivity index (χ1) is 5.68. The minimum absolute atomic E-state index is 0.0347. The number of carboxylic acid groups (broad SMARTS) is 1. The fourth-order valence-corrected chi connectivity index (χ4v) is 2.76. The van der Waals surface area contributed by atoms with Crippen LogP contribution in [0.3, 0.4) is 0 Å². The molecule has 68 valence electrons. The Hall–Kier alpha value is -0.570. The van der Waals surface area contributed by atoms with Crippen LogP contribution in [0.4, 0.5) is 0 Å². The lowest BCUT2D eigenvalue weighted by atomic mass is 9.63. The molecule has 0 aromatic heterocycles. The molecule has 3 aliphatic rings. The molecule has 0 aliphatic heterocycles. The lowest BCUT2D eigenvalue weighted by Gasteiger charge is -2.43. The molecule has 3 saturated carbocycles. The molecule has 0 aromatic rings. The number of carbonyl (C=O) groups is 1. The van der Waals surface area contributed by atoms with Crippen LogP contribution in [-0.2, 0) is 4.79 Å². The largest absolute Gasteiger partial charge is 0.481 e. The lowest BCUT2D eigenvalue weighted by Crippen LogP contribution is -2.44. The van der Waals surface area contributed by atoms with Gasteiger partial charge in [0.05, 0.1) is 12.0 Å². The van der Waals surface area contributed by atoms with Crippen LogP contribution in [0.15, 0.2) is 0 Å². The highest BCUT2D eigenvalue weighted by atomic mass is 16.4. The summed E-state index contributed by atoms with van der Waals surface area (Å²) in [6.45, 7) is 0. The third-order valence-corrected chi connectivity index (χ3v) is 3.40. The average molecular weight is 170 g/mol. The van der Waals surface area contributed by atoms with Crippen molar-refractivity contribution < 1.29 is 15.0 Å². The van der Waals surface area contributed by atoms with E-state index in [1.807, 2.05) is 0 Å². The standard InChI is InChI=1S/C9H14O3/c10-8-4-5-1-2-6(8)7(3-5)9(11)12/h5-8,10H,1-4H2,(H,11,12)/t5-,6-,7-,8-/m1/s1. The Morgan fingerprint density at radius 2 is 2.00 bits per heavy atom. The van der Waals surface area contributed by atoms with Gasteiger partial charge in [-0.05, 0) is 37.5 Å². The zero-order valence-electron chi connectivity index (χ0n) is 6.94. The number of aliphatic hydroxyl groups is 1. The normalized spacial score (nSPS) is 46.1. The maximum Gasteiger partial charge on any atom is 0.306 e. The zero-order chi connectivity index (χ0) is 8.72. The number of hydrogen-bond donors (Lipinski definition) is 2. The average Bonchev–Trinajstić information content (AvgIpc) is 2.04. The van der Waals surface area contributed by atoms with Crippen LogP contribution in [0.2, 0.25) is 0 Å². The molecule has 0 aromatic carbocycles. The van der Waals surface area contributed by atoms with Crippen LogP contribution in [0.5, 0.6) is 0 Å². The first kappa shape index (κ1) is 8.05. The quantitative estimate of drug-likeness (QED) is 0.614. The van der Waals surface area contributed by atoms with Crippen LogP contribution in [0, 0.1) is 17.8 Å². The lowest BCUT2D eigenvalue weighted by molar-refractivity contribution is -0.152. The Morgan fingerprint density at radius 3 is 2.42 bits per heavy atom. The highest BCUT2D eigenvalue weighted by Gasteiger charge is 2.44. The predicted octanol–water partition coefficient (Wildman–Crippen LogP) is 0.868. The van der Waals surface area contributed by atoms with Gasteiger partial charge in [0.1, 0.15) is 0 Å². The van der Waals surface area contributed by atoms with Gasteiger partial charge in [-0.3, -0.25) is 4.79 Å². The van der Waals surface area contributed by atoms with E-state index < -0.39 is 5.97 Å². The molecule has 0 amide bonds. The van der Waals surface area contributed by atoms with Gasteiger partial charge < -0.3 is 10.2 Å². The molecule has 0 heterocycles. The Bertz CT molecular complexity index is 202. The second-order valence-corrected chi connectivity index (χ2v) is 4.09. The zero-order valence-corrected chi connectivity index (χ0v) is 6.94. The van der Waals surface area contributed by atoms with Gasteiger partial charge in [0, 0.05) is 0 Å². The summed E-state index contributed by atoms with van der Waals surface area (Å²) < 4.78 is 0. The van der Waals surface area contributed by atoms with Crippen molar-refractivity contribution in [2.45, 2.75) is 31.8 Å². The second kappa shape index (κ2) is 2.73. The molecule has 0 unspecified atom stereocenters. The van der Waals surface area contributed by atoms with Gasteiger partial charge in [0.15, 0.2) is 0 Å². The summed E-state index contributed by atoms with van der Waals surface area (Å²) in [6, 6.07) is 0. The molecule has 3 aliphatic carbocycles. The van der Waals surface area contributed by atoms with Crippen LogP contribution in [-0.4, -0.2) is 22.3 Å². The Balaban J connectivity index is 2.14. The Kier molecular flexibility index (Phi) is 1.83. The van der Waals surface area contributed by atoms with E-state index in [-0.39, 0.29) is 17.9 Å². The van der Waals surface area contributed by atoms with Gasteiger partial charge in [-0.15, -0.1) is 0 Å². The smallest absolute Gasteiger partial charge is 0.306 e. The van der Waals surface area contributed by atoms with Crippen LogP contribution in [0.1, 0.15) is 25.7 Å². The number of hydrogen-bond acceptors (Lipinski definition) is 2. The summed E-state index contributed by atoms with van der Waals surface area (Å²) in [6.07, 6.45) is 3.29. The molecule has 12 heavy (non-hydrogen) atoms. The van der Waals surface area contributed by atoms with E-state index in [1.165, 1.54) is 0 Å². The van der Waals surface area contributed by atoms with Gasteiger partial charge >= 0.3 is 5.97 Å². The molecule has 2 N–H and O–H groups in total. The summed E-state index contributed by atoms with van der Waals surface area (Å²) >= 11 is 0. The Morgan fingerprint density at radius 1 is 1.25 bits per heavy atom. The molecule has 3 nitrogen and oxygen atoms in total. The number of rotatable bonds is 1. The van der Waals surface area contributed by atoms with E-state index >= 15 is 0 Å². The van der Waals surface area contributed by atoms with Gasteiger partial charge in [-0.25, -0.2) is 0 Å². The summed E-state index contributed by atoms with van der Waals surface area (Å²) in [5.74, 6) is -0.491. The van der Waals surface area contributed by atoms with Crippen molar-refractivity contribution in [1.29, 1.82) is 0 Å². The van der Waals surface area contributed by atoms with E-state index in [1.54, 1.807) is 0 Å². The highest BCUT2D eigenvalue weighted by Crippen LogP contribution is 2.45. The minimum atomic E-state index is -0.719. The fourth-order valence-electron chi connectivity index (χ4n) is 2.76. The van der Waals surface area contributed by atoms with E-state index in [0.717, 1.165) is 25.7 Å². The highest BCUT2D eigenvalue weighted by molar-refractivity contribution is 5.70. The van der Waals surface area contributed by atoms with E-state index in [9.17, 15) is 9.90 Å². The number of aliphatic carboxylic acids is 1. The molecule has 3 fully saturated rings. The summed E-state index contributed by atoms with van der Waals surface area (Å²) in [5, 5.41) is 18.4. The van der Waals surface area contributed by atoms with Crippen molar-refractivity contribution >= 4 is 5.97 Å². The van der Waals surface area contributed by atoms with Crippen LogP contribution < -0.4 is 0 Å². The predicted molar refractivity (Wildman–Crippen MR) is 42.6 cm³/mol. The van der Waals surface area contributed by atoms with Crippen molar-refractivity contribution in [2.24, 2.45) is 17.8 Å². The molecule has 2 bridgehead atoms. The van der Waals surface area contributed by atoms with E-state index in [2.05, 4.69) is 0 Å². The molecular formula is C9H14O3. The third-order valence-electron chi connectivity index (χ3n) is 3.40. The van der Waals surface area contributed by atoms with Crippen LogP contribution in [0.25, 0.3) is 0 Å². The summed E-state index contributed by atoms with van der Waals surface area (Å²) in [5.41, 5.74) is 0. The molecule has 3 rings (SSSR count). The first-order valence-corrected chi connectivity index (χ1v) is 4.59. The van der Waals surface area contributed by atoms with Crippen molar-refractivity contribution in [1.82, 2.24) is 0 Å². The van der Waals surface area contributed by atoms with Gasteiger partial charge in [0.2, 0.25) is 0 Å². The first-order valence-electron chi connectivity index (χ1n) is 4.59. The third kappa shape index (κ3) is 1.12.